The van der Waals surface area contributed by atoms with E-state index in [1.807, 2.05) is 17.2 Å². The van der Waals surface area contributed by atoms with Gasteiger partial charge in [-0.1, -0.05) is 0 Å². The first-order valence-corrected chi connectivity index (χ1v) is 7.56. The van der Waals surface area contributed by atoms with Crippen molar-refractivity contribution in [3.05, 3.63) is 20.8 Å². The van der Waals surface area contributed by atoms with E-state index in [1.165, 1.54) is 11.3 Å². The molecule has 1 fully saturated rings. The van der Waals surface area contributed by atoms with Crippen LogP contribution in [0.25, 0.3) is 0 Å². The van der Waals surface area contributed by atoms with Crippen LogP contribution >= 0.6 is 27.3 Å². The summed E-state index contributed by atoms with van der Waals surface area (Å²) >= 11 is 4.82. The molecule has 1 unspecified atom stereocenters. The summed E-state index contributed by atoms with van der Waals surface area (Å²) in [6.45, 7) is 3.32. The molecule has 2 amide bonds. The summed E-state index contributed by atoms with van der Waals surface area (Å²) in [6.07, 6.45) is 1.56. The minimum Gasteiger partial charge on any atom is -0.348 e. The highest BCUT2D eigenvalue weighted by Gasteiger charge is 2.22. The maximum Gasteiger partial charge on any atom is 0.252 e. The van der Waals surface area contributed by atoms with Crippen molar-refractivity contribution in [3.8, 4) is 0 Å². The Hall–Kier alpha value is -0.880. The molecule has 0 spiro atoms. The first-order chi connectivity index (χ1) is 8.56. The average Bonchev–Trinajstić information content (AvgIpc) is 2.89. The Bertz CT molecular complexity index is 461. The van der Waals surface area contributed by atoms with Gasteiger partial charge in [0.2, 0.25) is 5.91 Å². The van der Waals surface area contributed by atoms with E-state index in [-0.39, 0.29) is 17.9 Å². The Morgan fingerprint density at radius 2 is 2.44 bits per heavy atom. The third-order valence-corrected chi connectivity index (χ3v) is 4.38. The van der Waals surface area contributed by atoms with Crippen LogP contribution in [-0.4, -0.2) is 35.8 Å². The molecule has 2 heterocycles. The van der Waals surface area contributed by atoms with E-state index >= 15 is 0 Å². The first kappa shape index (κ1) is 13.5. The van der Waals surface area contributed by atoms with Crippen molar-refractivity contribution in [2.75, 3.05) is 13.1 Å². The van der Waals surface area contributed by atoms with Gasteiger partial charge in [0.15, 0.2) is 0 Å². The molecule has 0 saturated carbocycles. The van der Waals surface area contributed by atoms with Crippen LogP contribution in [0.1, 0.15) is 30.1 Å². The maximum absolute atomic E-state index is 11.9. The largest absolute Gasteiger partial charge is 0.348 e. The Kier molecular flexibility index (Phi) is 4.40. The Balaban J connectivity index is 1.85. The number of nitrogens with zero attached hydrogens (tertiary/aromatic N) is 1. The van der Waals surface area contributed by atoms with Gasteiger partial charge in [-0.05, 0) is 35.3 Å². The lowest BCUT2D eigenvalue weighted by Crippen LogP contribution is -2.42. The van der Waals surface area contributed by atoms with E-state index < -0.39 is 0 Å². The number of nitrogens with one attached hydrogen (secondary N) is 1. The fourth-order valence-electron chi connectivity index (χ4n) is 2.01. The van der Waals surface area contributed by atoms with Gasteiger partial charge in [0.1, 0.15) is 0 Å². The van der Waals surface area contributed by atoms with E-state index in [2.05, 4.69) is 21.2 Å². The van der Waals surface area contributed by atoms with E-state index in [0.29, 0.717) is 18.5 Å². The number of carbonyl (C=O) groups excluding carboxylic acids is 2. The van der Waals surface area contributed by atoms with E-state index in [4.69, 9.17) is 0 Å². The minimum absolute atomic E-state index is 0.0294. The zero-order chi connectivity index (χ0) is 13.1. The lowest BCUT2D eigenvalue weighted by atomic mass is 10.2. The molecular weight excluding hydrogens is 316 g/mol. The van der Waals surface area contributed by atoms with Crippen molar-refractivity contribution in [2.24, 2.45) is 0 Å². The van der Waals surface area contributed by atoms with E-state index in [0.717, 1.165) is 16.8 Å². The van der Waals surface area contributed by atoms with Gasteiger partial charge in [-0.3, -0.25) is 9.59 Å². The summed E-state index contributed by atoms with van der Waals surface area (Å²) in [5.41, 5.74) is 0.659. The smallest absolute Gasteiger partial charge is 0.252 e. The van der Waals surface area contributed by atoms with Gasteiger partial charge in [-0.25, -0.2) is 0 Å². The SMILES string of the molecule is CC(CN1CCCC1=O)NC(=O)c1csc(Br)c1. The standard InChI is InChI=1S/C12H15BrN2O2S/c1-8(6-15-4-2-3-11(15)16)14-12(17)9-5-10(13)18-7-9/h5,7-8H,2-4,6H2,1H3,(H,14,17). The second kappa shape index (κ2) is 5.84. The Morgan fingerprint density at radius 3 is 3.00 bits per heavy atom. The van der Waals surface area contributed by atoms with Crippen LogP contribution in [0.15, 0.2) is 15.2 Å². The van der Waals surface area contributed by atoms with Crippen LogP contribution in [-0.2, 0) is 4.79 Å². The van der Waals surface area contributed by atoms with Crippen LogP contribution in [0.4, 0.5) is 0 Å². The molecule has 6 heteroatoms. The van der Waals surface area contributed by atoms with Gasteiger partial charge in [0, 0.05) is 30.9 Å². The molecule has 18 heavy (non-hydrogen) atoms. The summed E-state index contributed by atoms with van der Waals surface area (Å²) in [4.78, 5) is 25.2. The van der Waals surface area contributed by atoms with Gasteiger partial charge in [0.05, 0.1) is 9.35 Å². The summed E-state index contributed by atoms with van der Waals surface area (Å²) in [5.74, 6) is 0.102. The molecule has 0 bridgehead atoms. The molecule has 0 radical (unpaired) electrons. The van der Waals surface area contributed by atoms with Crippen LogP contribution in [0.3, 0.4) is 0 Å². The van der Waals surface area contributed by atoms with Crippen LogP contribution < -0.4 is 5.32 Å². The van der Waals surface area contributed by atoms with E-state index in [9.17, 15) is 9.59 Å². The third kappa shape index (κ3) is 3.32. The number of likely N-dealkylation sites (tertiary alicyclic amines) is 1. The first-order valence-electron chi connectivity index (χ1n) is 5.89. The van der Waals surface area contributed by atoms with Crippen molar-refractivity contribution in [2.45, 2.75) is 25.8 Å². The lowest BCUT2D eigenvalue weighted by Gasteiger charge is -2.21. The van der Waals surface area contributed by atoms with Crippen molar-refractivity contribution >= 4 is 39.1 Å². The van der Waals surface area contributed by atoms with Gasteiger partial charge in [-0.2, -0.15) is 0 Å². The molecule has 2 rings (SSSR count). The van der Waals surface area contributed by atoms with Gasteiger partial charge < -0.3 is 10.2 Å². The van der Waals surface area contributed by atoms with E-state index in [1.54, 1.807) is 6.07 Å². The fraction of sp³-hybridized carbons (Fsp3) is 0.500. The van der Waals surface area contributed by atoms with Crippen LogP contribution in [0, 0.1) is 0 Å². The topological polar surface area (TPSA) is 49.4 Å². The third-order valence-electron chi connectivity index (χ3n) is 2.87. The minimum atomic E-state index is -0.0869. The van der Waals surface area contributed by atoms with Crippen molar-refractivity contribution in [1.82, 2.24) is 10.2 Å². The highest BCUT2D eigenvalue weighted by molar-refractivity contribution is 9.11. The number of halogens is 1. The van der Waals surface area contributed by atoms with Crippen molar-refractivity contribution < 1.29 is 9.59 Å². The highest BCUT2D eigenvalue weighted by Crippen LogP contribution is 2.20. The van der Waals surface area contributed by atoms with Crippen LogP contribution in [0.5, 0.6) is 0 Å². The quantitative estimate of drug-likeness (QED) is 0.920. The summed E-state index contributed by atoms with van der Waals surface area (Å²) in [7, 11) is 0. The van der Waals surface area contributed by atoms with Gasteiger partial charge in [-0.15, -0.1) is 11.3 Å². The molecule has 1 aliphatic rings. The predicted molar refractivity (Wildman–Crippen MR) is 74.8 cm³/mol. The van der Waals surface area contributed by atoms with Gasteiger partial charge in [0.25, 0.3) is 5.91 Å². The number of carbonyl (C=O) groups is 2. The predicted octanol–water partition coefficient (Wildman–Crippen LogP) is 2.25. The monoisotopic (exact) mass is 330 g/mol. The maximum atomic E-state index is 11.9. The average molecular weight is 331 g/mol. The number of rotatable bonds is 4. The molecule has 1 saturated heterocycles. The normalized spacial score (nSPS) is 17.0. The molecule has 98 valence electrons. The molecule has 1 N–H and O–H groups in total. The van der Waals surface area contributed by atoms with Gasteiger partial charge >= 0.3 is 0 Å². The number of amides is 2. The zero-order valence-corrected chi connectivity index (χ0v) is 12.5. The lowest BCUT2D eigenvalue weighted by molar-refractivity contribution is -0.127. The molecule has 1 atom stereocenters. The summed E-state index contributed by atoms with van der Waals surface area (Å²) in [5, 5.41) is 4.72. The molecule has 1 aliphatic heterocycles. The molecule has 0 aliphatic carbocycles. The second-order valence-corrected chi connectivity index (χ2v) is 6.75. The molecule has 1 aromatic heterocycles. The number of hydrogen-bond donors (Lipinski definition) is 1. The van der Waals surface area contributed by atoms with Crippen molar-refractivity contribution in [1.29, 1.82) is 0 Å². The highest BCUT2D eigenvalue weighted by atomic mass is 79.9. The number of hydrogen-bond acceptors (Lipinski definition) is 3. The Morgan fingerprint density at radius 1 is 1.67 bits per heavy atom. The Labute approximate surface area is 118 Å². The fourth-order valence-corrected chi connectivity index (χ4v) is 3.15. The summed E-state index contributed by atoms with van der Waals surface area (Å²) < 4.78 is 0.940. The van der Waals surface area contributed by atoms with Crippen LogP contribution in [0.2, 0.25) is 0 Å². The molecule has 0 aromatic carbocycles. The molecular formula is C12H15BrN2O2S. The zero-order valence-electron chi connectivity index (χ0n) is 10.1. The molecule has 4 nitrogen and oxygen atoms in total. The second-order valence-electron chi connectivity index (χ2n) is 4.46. The number of thiophene rings is 1. The summed E-state index contributed by atoms with van der Waals surface area (Å²) in [6, 6.07) is 1.77. The van der Waals surface area contributed by atoms with Crippen molar-refractivity contribution in [3.63, 3.8) is 0 Å². The molecule has 1 aromatic rings.